The molecule has 1 heterocycles. The van der Waals surface area contributed by atoms with E-state index in [1.165, 1.54) is 11.1 Å². The number of rotatable bonds is 3. The van der Waals surface area contributed by atoms with Gasteiger partial charge in [0.25, 0.3) is 0 Å². The van der Waals surface area contributed by atoms with E-state index in [2.05, 4.69) is 70.7 Å². The molecule has 3 rings (SSSR count). The van der Waals surface area contributed by atoms with E-state index in [0.29, 0.717) is 0 Å². The summed E-state index contributed by atoms with van der Waals surface area (Å²) in [5.74, 6) is 0.219. The van der Waals surface area contributed by atoms with Gasteiger partial charge in [0.05, 0.1) is 11.9 Å². The first-order valence-electron chi connectivity index (χ1n) is 6.29. The molecule has 3 heteroatoms. The van der Waals surface area contributed by atoms with Crippen LogP contribution < -0.4 is 11.0 Å². The zero-order chi connectivity index (χ0) is 12.9. The van der Waals surface area contributed by atoms with Crippen LogP contribution in [0.2, 0.25) is 0 Å². The lowest BCUT2D eigenvalue weighted by molar-refractivity contribution is 0.686. The van der Waals surface area contributed by atoms with Gasteiger partial charge in [-0.1, -0.05) is 60.7 Å². The maximum absolute atomic E-state index is 3.95. The minimum Gasteiger partial charge on any atom is -0.284 e. The molecule has 1 aliphatic rings. The molecule has 94 valence electrons. The number of hydrazone groups is 1. The molecule has 2 aromatic carbocycles. The Labute approximate surface area is 112 Å². The molecule has 0 radical (unpaired) electrons. The molecule has 19 heavy (non-hydrogen) atoms. The van der Waals surface area contributed by atoms with Crippen molar-refractivity contribution in [3.63, 3.8) is 0 Å². The van der Waals surface area contributed by atoms with Gasteiger partial charge in [0.2, 0.25) is 0 Å². The molecule has 0 fully saturated rings. The van der Waals surface area contributed by atoms with Crippen LogP contribution in [0.1, 0.15) is 17.0 Å². The fourth-order valence-electron chi connectivity index (χ4n) is 2.20. The molecule has 0 amide bonds. The van der Waals surface area contributed by atoms with Crippen molar-refractivity contribution in [3.05, 3.63) is 83.6 Å². The molecule has 3 nitrogen and oxygen atoms in total. The number of hydrazine groups is 1. The third-order valence-electron chi connectivity index (χ3n) is 3.13. The van der Waals surface area contributed by atoms with Crippen LogP contribution in [0.15, 0.2) is 77.5 Å². The van der Waals surface area contributed by atoms with E-state index >= 15 is 0 Å². The Morgan fingerprint density at radius 2 is 1.42 bits per heavy atom. The summed E-state index contributed by atoms with van der Waals surface area (Å²) in [7, 11) is 0. The van der Waals surface area contributed by atoms with E-state index in [-0.39, 0.29) is 5.92 Å². The van der Waals surface area contributed by atoms with Crippen molar-refractivity contribution in [1.82, 2.24) is 11.0 Å². The third-order valence-corrected chi connectivity index (χ3v) is 3.13. The Balaban J connectivity index is 2.01. The van der Waals surface area contributed by atoms with Crippen LogP contribution in [0.4, 0.5) is 0 Å². The summed E-state index contributed by atoms with van der Waals surface area (Å²) in [6.45, 7) is 0. The highest BCUT2D eigenvalue weighted by Crippen LogP contribution is 2.26. The Bertz CT molecular complexity index is 548. The highest BCUT2D eigenvalue weighted by molar-refractivity contribution is 5.79. The molecular formula is C16H15N3. The van der Waals surface area contributed by atoms with Crippen molar-refractivity contribution in [3.8, 4) is 0 Å². The normalized spacial score (nSPS) is 15.5. The molecule has 2 aromatic rings. The summed E-state index contributed by atoms with van der Waals surface area (Å²) in [5.41, 5.74) is 9.27. The van der Waals surface area contributed by atoms with Gasteiger partial charge < -0.3 is 0 Å². The molecule has 0 atom stereocenters. The number of benzene rings is 2. The highest BCUT2D eigenvalue weighted by atomic mass is 15.6. The number of allylic oxidation sites excluding steroid dienone is 2. The first-order chi connectivity index (χ1) is 9.43. The lowest BCUT2D eigenvalue weighted by Gasteiger charge is -2.14. The van der Waals surface area contributed by atoms with Gasteiger partial charge in [0.15, 0.2) is 0 Å². The predicted molar refractivity (Wildman–Crippen MR) is 77.6 cm³/mol. The Morgan fingerprint density at radius 3 is 1.89 bits per heavy atom. The molecule has 0 spiro atoms. The molecular weight excluding hydrogens is 234 g/mol. The second kappa shape index (κ2) is 5.40. The molecule has 0 saturated carbocycles. The lowest BCUT2D eigenvalue weighted by Crippen LogP contribution is -2.19. The summed E-state index contributed by atoms with van der Waals surface area (Å²) >= 11 is 0. The Morgan fingerprint density at radius 1 is 0.842 bits per heavy atom. The average Bonchev–Trinajstić information content (AvgIpc) is 3.00. The second-order valence-electron chi connectivity index (χ2n) is 4.42. The smallest absolute Gasteiger partial charge is 0.0735 e. The Hall–Kier alpha value is -2.55. The summed E-state index contributed by atoms with van der Waals surface area (Å²) < 4.78 is 0. The highest BCUT2D eigenvalue weighted by Gasteiger charge is 2.12. The zero-order valence-corrected chi connectivity index (χ0v) is 10.5. The van der Waals surface area contributed by atoms with Gasteiger partial charge in [-0.05, 0) is 17.2 Å². The van der Waals surface area contributed by atoms with Crippen molar-refractivity contribution >= 4 is 6.21 Å². The van der Waals surface area contributed by atoms with Crippen LogP contribution in [-0.2, 0) is 0 Å². The van der Waals surface area contributed by atoms with E-state index in [4.69, 9.17) is 0 Å². The molecule has 0 aromatic heterocycles. The molecule has 1 aliphatic heterocycles. The lowest BCUT2D eigenvalue weighted by atomic mass is 9.90. The molecule has 0 saturated heterocycles. The average molecular weight is 249 g/mol. The third kappa shape index (κ3) is 2.65. The molecule has 0 bridgehead atoms. The number of hydrogen-bond acceptors (Lipinski definition) is 3. The largest absolute Gasteiger partial charge is 0.284 e. The van der Waals surface area contributed by atoms with Crippen molar-refractivity contribution < 1.29 is 0 Å². The SMILES string of the molecule is C1=NNNC1=CC(c1ccccc1)c1ccccc1. The quantitative estimate of drug-likeness (QED) is 0.877. The van der Waals surface area contributed by atoms with E-state index in [0.717, 1.165) is 5.70 Å². The van der Waals surface area contributed by atoms with Crippen molar-refractivity contribution in [1.29, 1.82) is 0 Å². The zero-order valence-electron chi connectivity index (χ0n) is 10.5. The molecule has 0 unspecified atom stereocenters. The predicted octanol–water partition coefficient (Wildman–Crippen LogP) is 2.80. The van der Waals surface area contributed by atoms with Crippen LogP contribution >= 0.6 is 0 Å². The van der Waals surface area contributed by atoms with E-state index in [1.807, 2.05) is 12.1 Å². The van der Waals surface area contributed by atoms with E-state index in [9.17, 15) is 0 Å². The topological polar surface area (TPSA) is 36.4 Å². The van der Waals surface area contributed by atoms with Crippen LogP contribution in [0.3, 0.4) is 0 Å². The van der Waals surface area contributed by atoms with E-state index in [1.54, 1.807) is 6.21 Å². The van der Waals surface area contributed by atoms with Gasteiger partial charge in [-0.2, -0.15) is 5.10 Å². The second-order valence-corrected chi connectivity index (χ2v) is 4.42. The van der Waals surface area contributed by atoms with Gasteiger partial charge in [-0.25, -0.2) is 5.53 Å². The summed E-state index contributed by atoms with van der Waals surface area (Å²) in [5, 5.41) is 3.95. The van der Waals surface area contributed by atoms with Gasteiger partial charge >= 0.3 is 0 Å². The van der Waals surface area contributed by atoms with Gasteiger partial charge in [-0.3, -0.25) is 5.43 Å². The Kier molecular flexibility index (Phi) is 3.28. The fourth-order valence-corrected chi connectivity index (χ4v) is 2.20. The van der Waals surface area contributed by atoms with Crippen LogP contribution in [0.5, 0.6) is 0 Å². The van der Waals surface area contributed by atoms with Crippen molar-refractivity contribution in [2.75, 3.05) is 0 Å². The number of hydrogen-bond donors (Lipinski definition) is 2. The van der Waals surface area contributed by atoms with Gasteiger partial charge in [0, 0.05) is 5.92 Å². The summed E-state index contributed by atoms with van der Waals surface area (Å²) in [4.78, 5) is 0. The van der Waals surface area contributed by atoms with Gasteiger partial charge in [-0.15, -0.1) is 0 Å². The number of nitrogens with one attached hydrogen (secondary N) is 2. The van der Waals surface area contributed by atoms with E-state index < -0.39 is 0 Å². The van der Waals surface area contributed by atoms with Crippen LogP contribution in [0, 0.1) is 0 Å². The standard InChI is InChI=1S/C16H15N3/c1-3-7-13(8-4-1)16(11-15-12-17-19-18-15)14-9-5-2-6-10-14/h1-12,16,18-19H. The first kappa shape index (κ1) is 11.5. The minimum absolute atomic E-state index is 0.219. The van der Waals surface area contributed by atoms with Crippen LogP contribution in [-0.4, -0.2) is 6.21 Å². The molecule has 0 aliphatic carbocycles. The fraction of sp³-hybridized carbons (Fsp3) is 0.0625. The molecule has 2 N–H and O–H groups in total. The maximum atomic E-state index is 3.95. The van der Waals surface area contributed by atoms with Crippen molar-refractivity contribution in [2.24, 2.45) is 5.10 Å². The minimum atomic E-state index is 0.219. The summed E-state index contributed by atoms with van der Waals surface area (Å²) in [6.07, 6.45) is 3.97. The monoisotopic (exact) mass is 249 g/mol. The van der Waals surface area contributed by atoms with Gasteiger partial charge in [0.1, 0.15) is 0 Å². The first-order valence-corrected chi connectivity index (χ1v) is 6.29. The number of nitrogens with zero attached hydrogens (tertiary/aromatic N) is 1. The maximum Gasteiger partial charge on any atom is 0.0735 e. The van der Waals surface area contributed by atoms with Crippen molar-refractivity contribution in [2.45, 2.75) is 5.92 Å². The van der Waals surface area contributed by atoms with Crippen LogP contribution in [0.25, 0.3) is 0 Å². The summed E-state index contributed by atoms with van der Waals surface area (Å²) in [6, 6.07) is 20.9.